The molecule has 0 radical (unpaired) electrons. The van der Waals surface area contributed by atoms with Crippen LogP contribution in [0.3, 0.4) is 0 Å². The third-order valence-corrected chi connectivity index (χ3v) is 2.86. The number of hydrogen-bond donors (Lipinski definition) is 1. The van der Waals surface area contributed by atoms with Crippen molar-refractivity contribution in [2.75, 3.05) is 6.56 Å². The summed E-state index contributed by atoms with van der Waals surface area (Å²) in [5.74, 6) is 0. The molecule has 16 heavy (non-hydrogen) atoms. The SMILES string of the molecule is [2H]C([2H])(OS(=O)(=O)c1ccc(C)cc1)C(C)(C)O. The minimum absolute atomic E-state index is 0.152. The minimum atomic E-state index is -4.25. The van der Waals surface area contributed by atoms with Crippen molar-refractivity contribution in [1.29, 1.82) is 0 Å². The van der Waals surface area contributed by atoms with Crippen LogP contribution in [0.15, 0.2) is 29.2 Å². The zero-order valence-electron chi connectivity index (χ0n) is 11.4. The van der Waals surface area contributed by atoms with E-state index in [0.29, 0.717) is 0 Å². The van der Waals surface area contributed by atoms with E-state index in [2.05, 4.69) is 4.18 Å². The number of hydrogen-bond acceptors (Lipinski definition) is 4. The van der Waals surface area contributed by atoms with Gasteiger partial charge < -0.3 is 5.11 Å². The lowest BCUT2D eigenvalue weighted by Crippen LogP contribution is -2.27. The van der Waals surface area contributed by atoms with Crippen molar-refractivity contribution in [1.82, 2.24) is 0 Å². The van der Waals surface area contributed by atoms with E-state index in [1.165, 1.54) is 12.1 Å². The van der Waals surface area contributed by atoms with Crippen molar-refractivity contribution in [2.24, 2.45) is 0 Å². The molecule has 0 saturated carbocycles. The van der Waals surface area contributed by atoms with Gasteiger partial charge in [-0.2, -0.15) is 8.42 Å². The summed E-state index contributed by atoms with van der Waals surface area (Å²) >= 11 is 0. The summed E-state index contributed by atoms with van der Waals surface area (Å²) in [5, 5.41) is 9.54. The Morgan fingerprint density at radius 1 is 1.38 bits per heavy atom. The smallest absolute Gasteiger partial charge is 0.297 e. The van der Waals surface area contributed by atoms with Gasteiger partial charge in [-0.05, 0) is 32.9 Å². The molecule has 0 bridgehead atoms. The molecule has 0 unspecified atom stereocenters. The molecule has 5 heteroatoms. The highest BCUT2D eigenvalue weighted by Crippen LogP contribution is 2.15. The fourth-order valence-electron chi connectivity index (χ4n) is 0.910. The molecule has 0 aliphatic rings. The van der Waals surface area contributed by atoms with Gasteiger partial charge in [0.15, 0.2) is 0 Å². The Morgan fingerprint density at radius 3 is 2.31 bits per heavy atom. The van der Waals surface area contributed by atoms with Crippen LogP contribution in [-0.2, 0) is 14.3 Å². The molecule has 0 aliphatic heterocycles. The maximum atomic E-state index is 11.8. The van der Waals surface area contributed by atoms with Crippen molar-refractivity contribution in [3.63, 3.8) is 0 Å². The van der Waals surface area contributed by atoms with E-state index in [1.807, 2.05) is 0 Å². The van der Waals surface area contributed by atoms with Crippen molar-refractivity contribution in [3.05, 3.63) is 29.8 Å². The Labute approximate surface area is 98.8 Å². The van der Waals surface area contributed by atoms with Crippen molar-refractivity contribution < 1.29 is 20.4 Å². The number of benzene rings is 1. The third kappa shape index (κ3) is 3.92. The molecule has 0 aromatic heterocycles. The van der Waals surface area contributed by atoms with E-state index in [4.69, 9.17) is 2.74 Å². The normalized spacial score (nSPS) is 15.5. The molecular weight excluding hydrogens is 228 g/mol. The van der Waals surface area contributed by atoms with E-state index in [0.717, 1.165) is 19.4 Å². The predicted octanol–water partition coefficient (Wildman–Crippen LogP) is 1.47. The summed E-state index contributed by atoms with van der Waals surface area (Å²) in [6, 6.07) is 5.81. The Hall–Kier alpha value is -0.910. The zero-order valence-corrected chi connectivity index (χ0v) is 10.2. The summed E-state index contributed by atoms with van der Waals surface area (Å²) < 4.78 is 43.0. The predicted molar refractivity (Wildman–Crippen MR) is 60.6 cm³/mol. The first-order valence-corrected chi connectivity index (χ1v) is 6.11. The minimum Gasteiger partial charge on any atom is -0.388 e. The molecule has 1 aromatic rings. The van der Waals surface area contributed by atoms with Gasteiger partial charge in [-0.1, -0.05) is 17.7 Å². The lowest BCUT2D eigenvalue weighted by atomic mass is 10.2. The Bertz CT molecular complexity index is 515. The second kappa shape index (κ2) is 4.53. The van der Waals surface area contributed by atoms with Crippen LogP contribution in [0.25, 0.3) is 0 Å². The van der Waals surface area contributed by atoms with Crippen molar-refractivity contribution in [3.8, 4) is 0 Å². The molecule has 1 N–H and O–H groups in total. The lowest BCUT2D eigenvalue weighted by molar-refractivity contribution is 0.0307. The van der Waals surface area contributed by atoms with Crippen LogP contribution < -0.4 is 0 Å². The maximum Gasteiger partial charge on any atom is 0.297 e. The van der Waals surface area contributed by atoms with Gasteiger partial charge in [-0.3, -0.25) is 4.18 Å². The van der Waals surface area contributed by atoms with Gasteiger partial charge in [-0.25, -0.2) is 0 Å². The standard InChI is InChI=1S/C11H16O4S/c1-9-4-6-10(7-5-9)16(13,14)15-8-11(2,3)12/h4-7,12H,8H2,1-3H3/i8D2. The van der Waals surface area contributed by atoms with E-state index in [9.17, 15) is 13.5 Å². The maximum absolute atomic E-state index is 11.8. The third-order valence-electron chi connectivity index (χ3n) is 1.71. The van der Waals surface area contributed by atoms with E-state index < -0.39 is 22.3 Å². The summed E-state index contributed by atoms with van der Waals surface area (Å²) in [5.41, 5.74) is -1.07. The van der Waals surface area contributed by atoms with Crippen LogP contribution in [0, 0.1) is 6.92 Å². The second-order valence-corrected chi connectivity index (χ2v) is 5.56. The van der Waals surface area contributed by atoms with Gasteiger partial charge >= 0.3 is 0 Å². The molecule has 90 valence electrons. The largest absolute Gasteiger partial charge is 0.388 e. The quantitative estimate of drug-likeness (QED) is 0.817. The molecule has 1 rings (SSSR count). The Morgan fingerprint density at radius 2 is 1.88 bits per heavy atom. The van der Waals surface area contributed by atoms with Crippen molar-refractivity contribution in [2.45, 2.75) is 31.3 Å². The van der Waals surface area contributed by atoms with Crippen LogP contribution in [0.1, 0.15) is 22.2 Å². The van der Waals surface area contributed by atoms with Crippen LogP contribution in [0.2, 0.25) is 0 Å². The molecule has 4 nitrogen and oxygen atoms in total. The van der Waals surface area contributed by atoms with Crippen LogP contribution in [0.5, 0.6) is 0 Å². The zero-order chi connectivity index (χ0) is 14.2. The van der Waals surface area contributed by atoms with Crippen LogP contribution >= 0.6 is 0 Å². The van der Waals surface area contributed by atoms with Crippen molar-refractivity contribution >= 4 is 10.1 Å². The topological polar surface area (TPSA) is 63.6 Å². The highest BCUT2D eigenvalue weighted by atomic mass is 32.2. The molecule has 0 saturated heterocycles. The summed E-state index contributed by atoms with van der Waals surface area (Å²) in [6.45, 7) is 1.36. The fourth-order valence-corrected chi connectivity index (χ4v) is 1.79. The average molecular weight is 246 g/mol. The molecule has 0 spiro atoms. The Balaban J connectivity index is 3.07. The highest BCUT2D eigenvalue weighted by Gasteiger charge is 2.20. The van der Waals surface area contributed by atoms with Gasteiger partial charge in [0.2, 0.25) is 0 Å². The van der Waals surface area contributed by atoms with Gasteiger partial charge in [-0.15, -0.1) is 0 Å². The lowest BCUT2D eigenvalue weighted by Gasteiger charge is -2.16. The first kappa shape index (κ1) is 10.3. The highest BCUT2D eigenvalue weighted by molar-refractivity contribution is 7.86. The first-order valence-electron chi connectivity index (χ1n) is 5.70. The summed E-state index contributed by atoms with van der Waals surface area (Å²) in [6.07, 6.45) is 0. The van der Waals surface area contributed by atoms with Gasteiger partial charge in [0.05, 0.1) is 19.8 Å². The summed E-state index contributed by atoms with van der Waals surface area (Å²) in [7, 11) is -4.25. The van der Waals surface area contributed by atoms with E-state index >= 15 is 0 Å². The molecule has 0 atom stereocenters. The number of rotatable bonds is 4. The monoisotopic (exact) mass is 246 g/mol. The van der Waals surface area contributed by atoms with Gasteiger partial charge in [0.25, 0.3) is 10.1 Å². The summed E-state index contributed by atoms with van der Waals surface area (Å²) in [4.78, 5) is -0.152. The fraction of sp³-hybridized carbons (Fsp3) is 0.455. The molecular formula is C11H16O4S. The van der Waals surface area contributed by atoms with Gasteiger partial charge in [0, 0.05) is 0 Å². The molecule has 0 fully saturated rings. The first-order chi connectivity index (χ1) is 7.96. The van der Waals surface area contributed by atoms with Crippen LogP contribution in [-0.4, -0.2) is 25.7 Å². The molecule has 0 amide bonds. The average Bonchev–Trinajstić information content (AvgIpc) is 2.14. The number of aryl methyl sites for hydroxylation is 1. The van der Waals surface area contributed by atoms with Gasteiger partial charge in [0.1, 0.15) is 0 Å². The second-order valence-electron chi connectivity index (χ2n) is 4.01. The molecule has 0 aliphatic carbocycles. The van der Waals surface area contributed by atoms with E-state index in [-0.39, 0.29) is 4.90 Å². The molecule has 0 heterocycles. The number of aliphatic hydroxyl groups is 1. The molecule has 1 aromatic carbocycles. The Kier molecular flexibility index (Phi) is 2.90. The van der Waals surface area contributed by atoms with Crippen LogP contribution in [0.4, 0.5) is 0 Å². The van der Waals surface area contributed by atoms with E-state index in [1.54, 1.807) is 19.1 Å².